The molecule has 1 unspecified atom stereocenters. The Morgan fingerprint density at radius 2 is 0.787 bits per heavy atom. The van der Waals surface area contributed by atoms with Gasteiger partial charge in [-0.05, 0) is 175 Å². The molecule has 12 aromatic rings. The summed E-state index contributed by atoms with van der Waals surface area (Å²) in [5.41, 5.74) is 3.68. The van der Waals surface area contributed by atoms with Crippen LogP contribution in [0, 0.1) is 50.7 Å². The number of nitro benzene ring substituents is 1. The Bertz CT molecular complexity index is 5930. The van der Waals surface area contributed by atoms with Crippen molar-refractivity contribution < 1.29 is 164 Å². The van der Waals surface area contributed by atoms with Crippen LogP contribution in [0.25, 0.3) is 54.5 Å². The van der Waals surface area contributed by atoms with Gasteiger partial charge in [0.05, 0.1) is 94.2 Å². The van der Waals surface area contributed by atoms with Crippen molar-refractivity contribution in [2.24, 2.45) is 20.0 Å². The zero-order valence-corrected chi connectivity index (χ0v) is 69.9. The van der Waals surface area contributed by atoms with Crippen LogP contribution < -0.4 is 34.2 Å². The van der Waals surface area contributed by atoms with E-state index in [-0.39, 0.29) is 69.2 Å². The van der Waals surface area contributed by atoms with Crippen molar-refractivity contribution in [1.82, 2.24) is 24.1 Å². The third-order valence-electron chi connectivity index (χ3n) is 18.5. The lowest BCUT2D eigenvalue weighted by Gasteiger charge is -2.12. The van der Waals surface area contributed by atoms with Crippen LogP contribution in [-0.4, -0.2) is 119 Å². The molecule has 0 bridgehead atoms. The number of esters is 2. The normalized spacial score (nSPS) is 11.9. The van der Waals surface area contributed by atoms with E-state index in [1.165, 1.54) is 78.7 Å². The van der Waals surface area contributed by atoms with Crippen molar-refractivity contribution in [3.05, 3.63) is 204 Å². The zero-order chi connectivity index (χ0) is 96.8. The highest BCUT2D eigenvalue weighted by molar-refractivity contribution is 6.00. The second-order valence-corrected chi connectivity index (χ2v) is 27.0. The molecule has 5 heterocycles. The number of rotatable bonds is 13. The van der Waals surface area contributed by atoms with Gasteiger partial charge in [-0.1, -0.05) is 0 Å². The number of aryl methyl sites for hydroxylation is 7. The van der Waals surface area contributed by atoms with E-state index < -0.39 is 128 Å². The number of nitrogens with two attached hydrogens (primary N) is 1. The van der Waals surface area contributed by atoms with E-state index in [1.807, 2.05) is 13.8 Å². The van der Waals surface area contributed by atoms with Crippen molar-refractivity contribution in [2.45, 2.75) is 106 Å². The van der Waals surface area contributed by atoms with E-state index >= 15 is 0 Å². The predicted molar refractivity (Wildman–Crippen MR) is 424 cm³/mol. The lowest BCUT2D eigenvalue weighted by atomic mass is 10.1. The Morgan fingerprint density at radius 1 is 0.449 bits per heavy atom. The minimum Gasteiger partial charge on any atom is -0.507 e. The summed E-state index contributed by atoms with van der Waals surface area (Å²) in [5, 5.41) is 31.6. The van der Waals surface area contributed by atoms with Gasteiger partial charge in [-0.25, -0.2) is 9.59 Å². The number of anilines is 1. The number of carbonyl (C=O) groups excluding carboxylic acids is 3. The molecule has 692 valence electrons. The number of carboxylic acid groups (broad SMARTS) is 1. The highest BCUT2D eigenvalue weighted by Gasteiger charge is 2.41. The molecule has 0 radical (unpaired) electrons. The summed E-state index contributed by atoms with van der Waals surface area (Å²) < 4.78 is 306. The number of nitrogen functional groups attached to an aromatic ring is 1. The lowest BCUT2D eigenvalue weighted by molar-refractivity contribution is -0.385. The molecule has 0 fully saturated rings. The van der Waals surface area contributed by atoms with Crippen molar-refractivity contribution in [1.29, 1.82) is 0 Å². The number of aromatic amines is 3. The van der Waals surface area contributed by atoms with Crippen molar-refractivity contribution in [3.63, 3.8) is 0 Å². The van der Waals surface area contributed by atoms with Gasteiger partial charge in [0.1, 0.15) is 68.9 Å². The maximum atomic E-state index is 13.0. The van der Waals surface area contributed by atoms with E-state index in [0.717, 1.165) is 96.3 Å². The number of ketones is 1. The number of hydrogen-bond acceptors (Lipinski definition) is 16. The first-order chi connectivity index (χ1) is 58.5. The molecule has 0 amide bonds. The topological polar surface area (TPSA) is 309 Å². The molecule has 7 N–H and O–H groups in total. The van der Waals surface area contributed by atoms with Gasteiger partial charge in [0, 0.05) is 105 Å². The van der Waals surface area contributed by atoms with Crippen LogP contribution in [0.15, 0.2) is 116 Å². The number of phenols is 1. The zero-order valence-electron chi connectivity index (χ0n) is 69.9. The molecule has 0 saturated carbocycles. The van der Waals surface area contributed by atoms with E-state index in [0.29, 0.717) is 56.5 Å². The predicted octanol–water partition coefficient (Wildman–Crippen LogP) is 22.8. The molecule has 23 nitrogen and oxygen atoms in total. The Kier molecular flexibility index (Phi) is 34.2. The standard InChI is InChI=1S/C14H14F3NO3.C12H10F3NO3.C12H12F3NO.2C11H10F3NO.C8H6F3NO3.C8H8F3NO.C7H12O3/c1-4-21-13(19)12-7(2)8-5-11(20-3)9(14(15,16)17)6-10(8)18-12;1-5-6-3-9(19-2)7(12(13,14)15)4-8(6)16-10(5)11(17)18;1-7-6-16(2)10-5-9(12(13,14)15)11(17-3)4-8(7)10;1-6-5-15-9-4-8(11(12,13)14)10(16-2)3-7(6)9;1-6-5-15(2)9-4-8(11(12,13)14)10(16)3-7(6)9;1-15-7-3-2-5(12(13)14)4-6(7)8(9,10)11;1-13-7-3-2-5(12)4-6(7)8(9,10)11;1-4-10-7(9)5(2)6(3)8/h5-6,18H,4H2,1-3H3;3-4,16H,1-2H3,(H,17,18);4-6H,1-3H3;3-5,15H,1-2H3;3-5,16H,1-2H3;2-4H,1H3;2-4H,12H2,1H3;5H,4H2,1-3H3. The van der Waals surface area contributed by atoms with Crippen LogP contribution in [0.3, 0.4) is 0 Å². The Hall–Kier alpha value is -13.4. The quantitative estimate of drug-likeness (QED) is 0.0156. The number of methoxy groups -OCH3 is 6. The molecule has 44 heteroatoms. The summed E-state index contributed by atoms with van der Waals surface area (Å²) in [5.74, 6) is -5.31. The maximum absolute atomic E-state index is 13.0. The van der Waals surface area contributed by atoms with Gasteiger partial charge in [-0.15, -0.1) is 0 Å². The van der Waals surface area contributed by atoms with Gasteiger partial charge in [-0.2, -0.15) is 92.2 Å². The number of benzene rings is 7. The Balaban J connectivity index is 0.000000259. The number of nitrogens with zero attached hydrogens (tertiary/aromatic N) is 3. The van der Waals surface area contributed by atoms with Crippen molar-refractivity contribution in [2.75, 3.05) is 61.6 Å². The molecule has 0 aliphatic heterocycles. The highest BCUT2D eigenvalue weighted by atomic mass is 19.4. The summed E-state index contributed by atoms with van der Waals surface area (Å²) >= 11 is 0. The average molecular weight is 1830 g/mol. The second kappa shape index (κ2) is 41.6. The first-order valence-electron chi connectivity index (χ1n) is 36.4. The molecule has 0 saturated heterocycles. The lowest BCUT2D eigenvalue weighted by Crippen LogP contribution is -2.20. The van der Waals surface area contributed by atoms with Gasteiger partial charge in [0.2, 0.25) is 0 Å². The maximum Gasteiger partial charge on any atom is 0.420 e. The van der Waals surface area contributed by atoms with Crippen molar-refractivity contribution in [3.8, 4) is 40.2 Å². The highest BCUT2D eigenvalue weighted by Crippen LogP contribution is 2.46. The molecule has 12 rings (SSSR count). The Morgan fingerprint density at radius 3 is 1.17 bits per heavy atom. The van der Waals surface area contributed by atoms with Crippen LogP contribution in [0.1, 0.15) is 115 Å². The number of nitro groups is 1. The molecular weight excluding hydrogens is 1750 g/mol. The van der Waals surface area contributed by atoms with Gasteiger partial charge < -0.3 is 77.9 Å². The van der Waals surface area contributed by atoms with Crippen LogP contribution >= 0.6 is 0 Å². The molecule has 7 aromatic carbocycles. The smallest absolute Gasteiger partial charge is 0.420 e. The third kappa shape index (κ3) is 26.2. The van der Waals surface area contributed by atoms with Gasteiger partial charge >= 0.3 is 61.1 Å². The molecule has 5 aromatic heterocycles. The number of carboxylic acids is 1. The number of H-pyrrole nitrogens is 3. The fourth-order valence-corrected chi connectivity index (χ4v) is 12.0. The fraction of sp³-hybridized carbons (Fsp3) is 0.325. The van der Waals surface area contributed by atoms with E-state index in [9.17, 15) is 127 Å². The monoisotopic (exact) mass is 1830 g/mol. The first-order valence-corrected chi connectivity index (χ1v) is 36.4. The minimum absolute atomic E-state index is 0.0631. The van der Waals surface area contributed by atoms with E-state index in [1.54, 1.807) is 76.4 Å². The van der Waals surface area contributed by atoms with Crippen LogP contribution in [-0.2, 0) is 76.4 Å². The van der Waals surface area contributed by atoms with Crippen LogP contribution in [0.4, 0.5) is 104 Å². The number of hydrogen-bond donors (Lipinski definition) is 6. The van der Waals surface area contributed by atoms with Crippen LogP contribution in [0.2, 0.25) is 0 Å². The average Bonchev–Trinajstić information content (AvgIpc) is 1.70. The number of aromatic carboxylic acids is 1. The van der Waals surface area contributed by atoms with Gasteiger partial charge in [0.25, 0.3) is 5.69 Å². The number of ether oxygens (including phenoxy) is 8. The number of Topliss-reactive ketones (excluding diaryl/α,β-unsaturated/α-hetero) is 1. The number of halogens is 21. The number of nitrogens with one attached hydrogen (secondary N) is 3. The van der Waals surface area contributed by atoms with Crippen LogP contribution in [0.5, 0.6) is 40.2 Å². The van der Waals surface area contributed by atoms with Gasteiger partial charge in [-0.3, -0.25) is 19.7 Å². The summed E-state index contributed by atoms with van der Waals surface area (Å²) in [6.45, 7) is 15.4. The molecule has 1 atom stereocenters. The largest absolute Gasteiger partial charge is 0.507 e. The summed E-state index contributed by atoms with van der Waals surface area (Å²) in [4.78, 5) is 61.3. The number of non-ortho nitro benzene ring substituents is 1. The number of aromatic nitrogens is 5. The summed E-state index contributed by atoms with van der Waals surface area (Å²) in [6.07, 6.45) is -26.4. The third-order valence-corrected chi connectivity index (χ3v) is 18.5. The molecule has 0 aliphatic rings. The number of carbonyl (C=O) groups is 4. The first kappa shape index (κ1) is 104. The summed E-state index contributed by atoms with van der Waals surface area (Å²) in [6, 6.07) is 17.1. The van der Waals surface area contributed by atoms with Crippen molar-refractivity contribution >= 4 is 89.6 Å². The van der Waals surface area contributed by atoms with E-state index in [2.05, 4.69) is 29.2 Å². The van der Waals surface area contributed by atoms with Gasteiger partial charge in [0.15, 0.2) is 0 Å². The molecule has 0 aliphatic carbocycles. The molecule has 0 spiro atoms. The molecular formula is C83H82F21N7O16. The summed E-state index contributed by atoms with van der Waals surface area (Å²) in [7, 11) is 10.4. The number of fused-ring (bicyclic) bond motifs is 5. The van der Waals surface area contributed by atoms with E-state index in [4.69, 9.17) is 34.5 Å². The minimum atomic E-state index is -4.67. The second-order valence-electron chi connectivity index (χ2n) is 27.0. The molecule has 127 heavy (non-hydrogen) atoms. The Labute approximate surface area is 707 Å². The number of phenolic OH excluding ortho intramolecular Hbond substituents is 1. The SMILES string of the molecule is CCOC(=O)C(C)C(C)=O.CCOC(=O)c1[nH]c2cc(C(F)(F)F)c(OC)cc2c1C.COc1cc2c(C)c(C(=O)O)[nH]c2cc1C(F)(F)F.COc1cc2c(C)c[nH]c2cc1C(F)(F)F.COc1cc2c(C)cn(C)c2cc1C(F)(F)F.COc1ccc(N)cc1C(F)(F)F.COc1ccc([N+](=O)[O-])cc1C(F)(F)F.Cc1cn(C)c2cc(C(F)(F)F)c(O)cc12. The number of aromatic hydroxyl groups is 1. The fourth-order valence-electron chi connectivity index (χ4n) is 12.0. The number of alkyl halides is 21.